The molecule has 4 N–H and O–H groups in total. The van der Waals surface area contributed by atoms with Crippen LogP contribution in [0.1, 0.15) is 51.9 Å². The summed E-state index contributed by atoms with van der Waals surface area (Å²) in [5.41, 5.74) is 0. The number of carboxylic acids is 1. The molecule has 0 radical (unpaired) electrons. The van der Waals surface area contributed by atoms with E-state index in [4.69, 9.17) is 14.6 Å². The highest BCUT2D eigenvalue weighted by Crippen LogP contribution is 2.21. The lowest BCUT2D eigenvalue weighted by atomic mass is 10.0. The predicted octanol–water partition coefficient (Wildman–Crippen LogP) is 0.646. The molecule has 0 aromatic carbocycles. The summed E-state index contributed by atoms with van der Waals surface area (Å²) in [5, 5.41) is 37.2. The van der Waals surface area contributed by atoms with Gasteiger partial charge in [-0.15, -0.1) is 0 Å². The standard InChI is InChI=1S/C15H28O7/c1-10-12(17)9-13(18)15(22-10)21-7-5-3-2-4-6-11(16)8-14(19)20/h10-13,15-18H,2-9H2,1H3,(H,19,20)/t10-,11+,12+,13+,15+/m0/s1. The molecule has 1 fully saturated rings. The molecule has 22 heavy (non-hydrogen) atoms. The minimum Gasteiger partial charge on any atom is -0.481 e. The SMILES string of the molecule is C[C@@H]1O[C@@H](OCCCCCC[C@@H](O)CC(=O)O)[C@H](O)C[C@H]1O. The van der Waals surface area contributed by atoms with Gasteiger partial charge in [0.1, 0.15) is 6.10 Å². The Morgan fingerprint density at radius 3 is 2.59 bits per heavy atom. The average molecular weight is 320 g/mol. The topological polar surface area (TPSA) is 116 Å². The maximum absolute atomic E-state index is 10.4. The number of hydrogen-bond acceptors (Lipinski definition) is 6. The Hall–Kier alpha value is -0.730. The van der Waals surface area contributed by atoms with Crippen molar-refractivity contribution >= 4 is 5.97 Å². The number of aliphatic hydroxyl groups excluding tert-OH is 3. The second-order valence-corrected chi connectivity index (χ2v) is 5.91. The molecule has 0 saturated carbocycles. The highest BCUT2D eigenvalue weighted by molar-refractivity contribution is 5.67. The van der Waals surface area contributed by atoms with E-state index in [1.807, 2.05) is 0 Å². The molecule has 0 aliphatic carbocycles. The predicted molar refractivity (Wildman–Crippen MR) is 78.3 cm³/mol. The fourth-order valence-electron chi connectivity index (χ4n) is 2.43. The van der Waals surface area contributed by atoms with E-state index in [1.54, 1.807) is 6.92 Å². The van der Waals surface area contributed by atoms with Gasteiger partial charge in [-0.1, -0.05) is 19.3 Å². The van der Waals surface area contributed by atoms with Crippen molar-refractivity contribution in [2.24, 2.45) is 0 Å². The van der Waals surface area contributed by atoms with Crippen molar-refractivity contribution in [3.63, 3.8) is 0 Å². The Labute approximate surface area is 130 Å². The Morgan fingerprint density at radius 1 is 1.23 bits per heavy atom. The van der Waals surface area contributed by atoms with Gasteiger partial charge in [-0.2, -0.15) is 0 Å². The minimum atomic E-state index is -0.980. The molecule has 0 aromatic rings. The van der Waals surface area contributed by atoms with Gasteiger partial charge in [-0.25, -0.2) is 0 Å². The molecule has 7 nitrogen and oxygen atoms in total. The zero-order chi connectivity index (χ0) is 16.5. The van der Waals surface area contributed by atoms with Gasteiger partial charge in [-0.3, -0.25) is 4.79 Å². The first-order valence-electron chi connectivity index (χ1n) is 7.93. The van der Waals surface area contributed by atoms with Crippen molar-refractivity contribution < 1.29 is 34.7 Å². The average Bonchev–Trinajstić information content (AvgIpc) is 2.42. The number of unbranched alkanes of at least 4 members (excludes halogenated alkanes) is 3. The molecule has 1 rings (SSSR count). The molecule has 0 unspecified atom stereocenters. The summed E-state index contributed by atoms with van der Waals surface area (Å²) < 4.78 is 10.9. The highest BCUT2D eigenvalue weighted by Gasteiger charge is 2.34. The smallest absolute Gasteiger partial charge is 0.305 e. The third kappa shape index (κ3) is 7.51. The van der Waals surface area contributed by atoms with Crippen LogP contribution in [0.25, 0.3) is 0 Å². The highest BCUT2D eigenvalue weighted by atomic mass is 16.7. The van der Waals surface area contributed by atoms with Crippen LogP contribution >= 0.6 is 0 Å². The lowest BCUT2D eigenvalue weighted by molar-refractivity contribution is -0.261. The van der Waals surface area contributed by atoms with Crippen LogP contribution in [0.4, 0.5) is 0 Å². The molecule has 0 spiro atoms. The molecular formula is C15H28O7. The van der Waals surface area contributed by atoms with Gasteiger partial charge in [0.2, 0.25) is 0 Å². The first-order chi connectivity index (χ1) is 10.4. The number of ether oxygens (including phenoxy) is 2. The van der Waals surface area contributed by atoms with Crippen LogP contribution in [0.5, 0.6) is 0 Å². The molecule has 1 saturated heterocycles. The Morgan fingerprint density at radius 2 is 1.91 bits per heavy atom. The Balaban J connectivity index is 2.00. The van der Waals surface area contributed by atoms with Gasteiger partial charge < -0.3 is 29.9 Å². The van der Waals surface area contributed by atoms with E-state index in [-0.39, 0.29) is 18.9 Å². The summed E-state index contributed by atoms with van der Waals surface area (Å²) in [7, 11) is 0. The summed E-state index contributed by atoms with van der Waals surface area (Å²) in [6.45, 7) is 2.21. The van der Waals surface area contributed by atoms with Crippen molar-refractivity contribution in [2.75, 3.05) is 6.61 Å². The Bertz CT molecular complexity index is 323. The fourth-order valence-corrected chi connectivity index (χ4v) is 2.43. The van der Waals surface area contributed by atoms with E-state index in [0.717, 1.165) is 25.7 Å². The lowest BCUT2D eigenvalue weighted by Gasteiger charge is -2.35. The van der Waals surface area contributed by atoms with Crippen LogP contribution in [0.15, 0.2) is 0 Å². The van der Waals surface area contributed by atoms with Gasteiger partial charge in [0.05, 0.1) is 24.7 Å². The van der Waals surface area contributed by atoms with Crippen molar-refractivity contribution in [2.45, 2.75) is 82.6 Å². The lowest BCUT2D eigenvalue weighted by Crippen LogP contribution is -2.47. The third-order valence-electron chi connectivity index (χ3n) is 3.81. The zero-order valence-corrected chi connectivity index (χ0v) is 13.1. The molecule has 7 heteroatoms. The monoisotopic (exact) mass is 320 g/mol. The van der Waals surface area contributed by atoms with Crippen molar-refractivity contribution in [3.8, 4) is 0 Å². The third-order valence-corrected chi connectivity index (χ3v) is 3.81. The number of carbonyl (C=O) groups is 1. The quantitative estimate of drug-likeness (QED) is 0.437. The number of aliphatic hydroxyl groups is 3. The first-order valence-corrected chi connectivity index (χ1v) is 7.93. The minimum absolute atomic E-state index is 0.204. The maximum Gasteiger partial charge on any atom is 0.305 e. The van der Waals surface area contributed by atoms with Gasteiger partial charge in [0.25, 0.3) is 0 Å². The zero-order valence-electron chi connectivity index (χ0n) is 13.1. The van der Waals surface area contributed by atoms with Gasteiger partial charge in [-0.05, 0) is 19.8 Å². The molecule has 0 amide bonds. The van der Waals surface area contributed by atoms with Crippen LogP contribution < -0.4 is 0 Å². The Kier molecular flexibility index (Phi) is 8.89. The molecule has 130 valence electrons. The number of rotatable bonds is 10. The van der Waals surface area contributed by atoms with Gasteiger partial charge in [0.15, 0.2) is 6.29 Å². The van der Waals surface area contributed by atoms with E-state index in [9.17, 15) is 20.1 Å². The summed E-state index contributed by atoms with van der Waals surface area (Å²) in [6.07, 6.45) is 0.657. The van der Waals surface area contributed by atoms with Gasteiger partial charge in [0, 0.05) is 13.0 Å². The summed E-state index contributed by atoms with van der Waals surface area (Å²) in [5.74, 6) is -0.980. The van der Waals surface area contributed by atoms with Crippen LogP contribution in [-0.2, 0) is 14.3 Å². The van der Waals surface area contributed by atoms with E-state index in [0.29, 0.717) is 13.0 Å². The maximum atomic E-state index is 10.4. The molecule has 0 bridgehead atoms. The largest absolute Gasteiger partial charge is 0.481 e. The van der Waals surface area contributed by atoms with Crippen molar-refractivity contribution in [1.82, 2.24) is 0 Å². The first kappa shape index (κ1) is 19.3. The van der Waals surface area contributed by atoms with Crippen molar-refractivity contribution in [1.29, 1.82) is 0 Å². The number of carboxylic acid groups (broad SMARTS) is 1. The molecule has 1 aliphatic heterocycles. The molecule has 0 aromatic heterocycles. The normalized spacial score (nSPS) is 30.2. The van der Waals surface area contributed by atoms with Crippen LogP contribution in [0.2, 0.25) is 0 Å². The summed E-state index contributed by atoms with van der Waals surface area (Å²) >= 11 is 0. The summed E-state index contributed by atoms with van der Waals surface area (Å²) in [6, 6.07) is 0. The van der Waals surface area contributed by atoms with Crippen molar-refractivity contribution in [3.05, 3.63) is 0 Å². The second-order valence-electron chi connectivity index (χ2n) is 5.91. The molecule has 1 heterocycles. The van der Waals surface area contributed by atoms with Crippen LogP contribution in [0, 0.1) is 0 Å². The molecule has 5 atom stereocenters. The molecule has 1 aliphatic rings. The van der Waals surface area contributed by atoms with E-state index in [2.05, 4.69) is 0 Å². The fraction of sp³-hybridized carbons (Fsp3) is 0.933. The second kappa shape index (κ2) is 10.1. The van der Waals surface area contributed by atoms with E-state index in [1.165, 1.54) is 0 Å². The van der Waals surface area contributed by atoms with Crippen LogP contribution in [0.3, 0.4) is 0 Å². The summed E-state index contributed by atoms with van der Waals surface area (Å²) in [4.78, 5) is 10.4. The van der Waals surface area contributed by atoms with Gasteiger partial charge >= 0.3 is 5.97 Å². The van der Waals surface area contributed by atoms with E-state index >= 15 is 0 Å². The van der Waals surface area contributed by atoms with E-state index < -0.39 is 30.6 Å². The van der Waals surface area contributed by atoms with Crippen LogP contribution in [-0.4, -0.2) is 63.7 Å². The number of aliphatic carboxylic acids is 1. The number of hydrogen-bond donors (Lipinski definition) is 4. The molecular weight excluding hydrogens is 292 g/mol.